The molecule has 0 fully saturated rings. The molecule has 0 atom stereocenters. The molecule has 0 unspecified atom stereocenters. The zero-order chi connectivity index (χ0) is 15.6. The Hall–Kier alpha value is -1.68. The van der Waals surface area contributed by atoms with Crippen molar-refractivity contribution >= 4 is 23.5 Å². The van der Waals surface area contributed by atoms with Crippen LogP contribution in [0.15, 0.2) is 86.3 Å². The van der Waals surface area contributed by atoms with Gasteiger partial charge in [-0.05, 0) is 47.4 Å². The topological polar surface area (TPSA) is 20.2 Å². The van der Waals surface area contributed by atoms with Crippen molar-refractivity contribution in [1.29, 1.82) is 0 Å². The second-order valence-corrected chi connectivity index (χ2v) is 7.65. The summed E-state index contributed by atoms with van der Waals surface area (Å²) in [6.45, 7) is 0.200. The summed E-state index contributed by atoms with van der Waals surface area (Å²) in [6, 6.07) is 23.7. The standard InChI is InChI=1S/C20H16OS2/c21-12-11-14-5-7-15(8-6-14)16-9-10-19-20(13-16)23-18-4-2-1-3-17(18)22-19/h1-10,13,21H,11-12H2. The van der Waals surface area contributed by atoms with Crippen molar-refractivity contribution in [3.8, 4) is 11.1 Å². The largest absolute Gasteiger partial charge is 0.396 e. The van der Waals surface area contributed by atoms with Crippen LogP contribution in [0.1, 0.15) is 5.56 Å². The van der Waals surface area contributed by atoms with Crippen molar-refractivity contribution in [2.45, 2.75) is 26.0 Å². The molecule has 4 rings (SSSR count). The van der Waals surface area contributed by atoms with Gasteiger partial charge >= 0.3 is 0 Å². The molecular formula is C20H16OS2. The Bertz CT molecular complexity index is 841. The van der Waals surface area contributed by atoms with Crippen molar-refractivity contribution < 1.29 is 5.11 Å². The fourth-order valence-electron chi connectivity index (χ4n) is 2.70. The highest BCUT2D eigenvalue weighted by atomic mass is 32.2. The zero-order valence-corrected chi connectivity index (χ0v) is 14.2. The summed E-state index contributed by atoms with van der Waals surface area (Å²) in [7, 11) is 0. The van der Waals surface area contributed by atoms with Gasteiger partial charge in [0.25, 0.3) is 0 Å². The van der Waals surface area contributed by atoms with E-state index in [0.29, 0.717) is 6.42 Å². The van der Waals surface area contributed by atoms with E-state index in [9.17, 15) is 0 Å². The summed E-state index contributed by atoms with van der Waals surface area (Å²) in [5, 5.41) is 9.01. The molecule has 23 heavy (non-hydrogen) atoms. The van der Waals surface area contributed by atoms with Crippen molar-refractivity contribution in [3.05, 3.63) is 72.3 Å². The van der Waals surface area contributed by atoms with Gasteiger partial charge in [0.1, 0.15) is 0 Å². The van der Waals surface area contributed by atoms with Crippen LogP contribution in [-0.4, -0.2) is 11.7 Å². The van der Waals surface area contributed by atoms with E-state index in [1.807, 2.05) is 23.5 Å². The van der Waals surface area contributed by atoms with Crippen LogP contribution in [0.4, 0.5) is 0 Å². The Morgan fingerprint density at radius 3 is 1.96 bits per heavy atom. The average molecular weight is 336 g/mol. The van der Waals surface area contributed by atoms with E-state index in [-0.39, 0.29) is 6.61 Å². The maximum absolute atomic E-state index is 9.01. The van der Waals surface area contributed by atoms with Gasteiger partial charge in [0.2, 0.25) is 0 Å². The van der Waals surface area contributed by atoms with Crippen LogP contribution in [-0.2, 0) is 6.42 Å². The Morgan fingerprint density at radius 2 is 1.26 bits per heavy atom. The van der Waals surface area contributed by atoms with Crippen LogP contribution < -0.4 is 0 Å². The van der Waals surface area contributed by atoms with Gasteiger partial charge in [-0.15, -0.1) is 0 Å². The summed E-state index contributed by atoms with van der Waals surface area (Å²) in [4.78, 5) is 5.33. The summed E-state index contributed by atoms with van der Waals surface area (Å²) in [6.07, 6.45) is 0.716. The van der Waals surface area contributed by atoms with Crippen LogP contribution in [0.3, 0.4) is 0 Å². The van der Waals surface area contributed by atoms with E-state index in [0.717, 1.165) is 0 Å². The second kappa shape index (κ2) is 6.44. The Morgan fingerprint density at radius 1 is 0.652 bits per heavy atom. The predicted molar refractivity (Wildman–Crippen MR) is 97.4 cm³/mol. The lowest BCUT2D eigenvalue weighted by molar-refractivity contribution is 0.299. The van der Waals surface area contributed by atoms with E-state index in [1.54, 1.807) is 0 Å². The molecule has 0 saturated carbocycles. The highest BCUT2D eigenvalue weighted by Gasteiger charge is 2.16. The molecule has 0 saturated heterocycles. The summed E-state index contributed by atoms with van der Waals surface area (Å²) in [5.41, 5.74) is 3.64. The first-order valence-electron chi connectivity index (χ1n) is 7.62. The number of aliphatic hydroxyl groups is 1. The summed E-state index contributed by atoms with van der Waals surface area (Å²) in [5.74, 6) is 0. The van der Waals surface area contributed by atoms with Crippen LogP contribution in [0.2, 0.25) is 0 Å². The quantitative estimate of drug-likeness (QED) is 0.533. The minimum Gasteiger partial charge on any atom is -0.396 e. The molecule has 1 aliphatic rings. The number of hydrogen-bond acceptors (Lipinski definition) is 3. The third-order valence-electron chi connectivity index (χ3n) is 3.92. The first-order valence-corrected chi connectivity index (χ1v) is 9.26. The third kappa shape index (κ3) is 3.05. The zero-order valence-electron chi connectivity index (χ0n) is 12.5. The molecule has 0 aromatic heterocycles. The molecule has 114 valence electrons. The second-order valence-electron chi connectivity index (χ2n) is 5.48. The highest BCUT2D eigenvalue weighted by molar-refractivity contribution is 8.05. The molecule has 1 aliphatic heterocycles. The smallest absolute Gasteiger partial charge is 0.0471 e. The minimum atomic E-state index is 0.200. The molecule has 0 amide bonds. The van der Waals surface area contributed by atoms with E-state index in [1.165, 1.54) is 36.3 Å². The maximum Gasteiger partial charge on any atom is 0.0471 e. The first-order chi connectivity index (χ1) is 11.3. The average Bonchev–Trinajstić information content (AvgIpc) is 2.60. The molecule has 3 aromatic carbocycles. The van der Waals surface area contributed by atoms with Crippen molar-refractivity contribution in [3.63, 3.8) is 0 Å². The van der Waals surface area contributed by atoms with Crippen LogP contribution >= 0.6 is 23.5 Å². The molecule has 0 spiro atoms. The van der Waals surface area contributed by atoms with Gasteiger partial charge in [-0.3, -0.25) is 0 Å². The lowest BCUT2D eigenvalue weighted by Crippen LogP contribution is -1.91. The first kappa shape index (κ1) is 14.9. The van der Waals surface area contributed by atoms with Gasteiger partial charge in [-0.1, -0.05) is 66.0 Å². The lowest BCUT2D eigenvalue weighted by Gasteiger charge is -2.18. The van der Waals surface area contributed by atoms with E-state index in [4.69, 9.17) is 5.11 Å². The van der Waals surface area contributed by atoms with Gasteiger partial charge in [0, 0.05) is 26.2 Å². The molecule has 0 radical (unpaired) electrons. The molecule has 1 N–H and O–H groups in total. The van der Waals surface area contributed by atoms with Crippen molar-refractivity contribution in [2.75, 3.05) is 6.61 Å². The van der Waals surface area contributed by atoms with Crippen molar-refractivity contribution in [1.82, 2.24) is 0 Å². The molecular weight excluding hydrogens is 320 g/mol. The molecule has 1 heterocycles. The Kier molecular flexibility index (Phi) is 4.17. The van der Waals surface area contributed by atoms with Gasteiger partial charge in [-0.2, -0.15) is 0 Å². The van der Waals surface area contributed by atoms with E-state index in [2.05, 4.69) is 66.7 Å². The molecule has 3 aromatic rings. The SMILES string of the molecule is OCCc1ccc(-c2ccc3c(c2)Sc2ccccc2S3)cc1. The van der Waals surface area contributed by atoms with Gasteiger partial charge in [0.15, 0.2) is 0 Å². The maximum atomic E-state index is 9.01. The summed E-state index contributed by atoms with van der Waals surface area (Å²) >= 11 is 3.70. The molecule has 3 heteroatoms. The predicted octanol–water partition coefficient (Wildman–Crippen LogP) is 5.50. The minimum absolute atomic E-state index is 0.200. The number of aliphatic hydroxyl groups excluding tert-OH is 1. The van der Waals surface area contributed by atoms with Crippen LogP contribution in [0, 0.1) is 0 Å². The number of rotatable bonds is 3. The lowest BCUT2D eigenvalue weighted by atomic mass is 10.0. The normalized spacial score (nSPS) is 12.6. The fraction of sp³-hybridized carbons (Fsp3) is 0.100. The van der Waals surface area contributed by atoms with Crippen molar-refractivity contribution in [2.24, 2.45) is 0 Å². The summed E-state index contributed by atoms with van der Waals surface area (Å²) < 4.78 is 0. The fourth-order valence-corrected chi connectivity index (χ4v) is 4.95. The Labute approximate surface area is 144 Å². The Balaban J connectivity index is 1.65. The molecule has 0 aliphatic carbocycles. The monoisotopic (exact) mass is 336 g/mol. The van der Waals surface area contributed by atoms with E-state index >= 15 is 0 Å². The highest BCUT2D eigenvalue weighted by Crippen LogP contribution is 2.49. The van der Waals surface area contributed by atoms with Gasteiger partial charge in [0.05, 0.1) is 0 Å². The van der Waals surface area contributed by atoms with Crippen LogP contribution in [0.25, 0.3) is 11.1 Å². The molecule has 1 nitrogen and oxygen atoms in total. The molecule has 0 bridgehead atoms. The number of fused-ring (bicyclic) bond motifs is 2. The van der Waals surface area contributed by atoms with E-state index < -0.39 is 0 Å². The van der Waals surface area contributed by atoms with Gasteiger partial charge in [-0.25, -0.2) is 0 Å². The number of hydrogen-bond donors (Lipinski definition) is 1. The third-order valence-corrected chi connectivity index (χ3v) is 6.46. The van der Waals surface area contributed by atoms with Gasteiger partial charge < -0.3 is 5.11 Å². The number of benzene rings is 3. The van der Waals surface area contributed by atoms with Crippen LogP contribution in [0.5, 0.6) is 0 Å².